The van der Waals surface area contributed by atoms with E-state index in [0.717, 1.165) is 41.0 Å². The van der Waals surface area contributed by atoms with Gasteiger partial charge in [-0.15, -0.1) is 11.3 Å². The SMILES string of the molecule is CCOC(=O)c1sc(-c2ccccc2)cc1NC(=O)CN1C(=O)NC2(CCCCCC2)C1=O. The molecule has 0 unspecified atom stereocenters. The molecule has 1 spiro atoms. The van der Waals surface area contributed by atoms with E-state index in [1.807, 2.05) is 30.3 Å². The van der Waals surface area contributed by atoms with Gasteiger partial charge in [-0.2, -0.15) is 0 Å². The number of rotatable bonds is 6. The van der Waals surface area contributed by atoms with E-state index < -0.39 is 30.0 Å². The van der Waals surface area contributed by atoms with Gasteiger partial charge in [0.15, 0.2) is 0 Å². The van der Waals surface area contributed by atoms with Crippen molar-refractivity contribution >= 4 is 40.8 Å². The molecular weight excluding hydrogens is 442 g/mol. The van der Waals surface area contributed by atoms with Crippen LogP contribution >= 0.6 is 11.3 Å². The molecule has 0 atom stereocenters. The molecule has 1 saturated heterocycles. The maximum Gasteiger partial charge on any atom is 0.350 e. The first kappa shape index (κ1) is 23.0. The lowest BCUT2D eigenvalue weighted by molar-refractivity contribution is -0.134. The van der Waals surface area contributed by atoms with Crippen molar-refractivity contribution in [1.29, 1.82) is 0 Å². The summed E-state index contributed by atoms with van der Waals surface area (Å²) in [4.78, 5) is 53.0. The van der Waals surface area contributed by atoms with Crippen LogP contribution in [0.25, 0.3) is 10.4 Å². The number of hydrogen-bond acceptors (Lipinski definition) is 6. The molecule has 2 aromatic rings. The highest BCUT2D eigenvalue weighted by atomic mass is 32.1. The van der Waals surface area contributed by atoms with E-state index in [0.29, 0.717) is 18.5 Å². The quantitative estimate of drug-likeness (QED) is 0.488. The van der Waals surface area contributed by atoms with Crippen LogP contribution in [0.2, 0.25) is 0 Å². The minimum absolute atomic E-state index is 0.204. The van der Waals surface area contributed by atoms with Gasteiger partial charge in [0.25, 0.3) is 5.91 Å². The normalized spacial score (nSPS) is 17.5. The molecule has 1 aromatic carbocycles. The van der Waals surface area contributed by atoms with Gasteiger partial charge >= 0.3 is 12.0 Å². The van der Waals surface area contributed by atoms with Gasteiger partial charge in [-0.05, 0) is 31.4 Å². The summed E-state index contributed by atoms with van der Waals surface area (Å²) < 4.78 is 5.15. The van der Waals surface area contributed by atoms with E-state index >= 15 is 0 Å². The standard InChI is InChI=1S/C24H27N3O5S/c1-2-32-21(29)20-17(14-18(33-20)16-10-6-5-7-11-16)25-19(28)15-27-22(30)24(26-23(27)31)12-8-3-4-9-13-24/h5-7,10-11,14H,2-4,8-9,12-13,15H2,1H3,(H,25,28)(H,26,31). The molecular formula is C24H27N3O5S. The molecule has 1 aromatic heterocycles. The third-order valence-electron chi connectivity index (χ3n) is 6.03. The van der Waals surface area contributed by atoms with Crippen LogP contribution in [0, 0.1) is 0 Å². The highest BCUT2D eigenvalue weighted by Gasteiger charge is 2.51. The van der Waals surface area contributed by atoms with Gasteiger partial charge in [0.2, 0.25) is 5.91 Å². The van der Waals surface area contributed by atoms with Crippen molar-refractivity contribution in [3.05, 3.63) is 41.3 Å². The fourth-order valence-electron chi connectivity index (χ4n) is 4.40. The molecule has 1 aliphatic heterocycles. The number of hydrogen-bond donors (Lipinski definition) is 2. The Morgan fingerprint density at radius 2 is 1.82 bits per heavy atom. The van der Waals surface area contributed by atoms with Gasteiger partial charge in [0.1, 0.15) is 17.0 Å². The van der Waals surface area contributed by atoms with Gasteiger partial charge < -0.3 is 15.4 Å². The first-order valence-corrected chi connectivity index (χ1v) is 12.1. The number of thiophene rings is 1. The summed E-state index contributed by atoms with van der Waals surface area (Å²) >= 11 is 1.22. The predicted molar refractivity (Wildman–Crippen MR) is 125 cm³/mol. The van der Waals surface area contributed by atoms with E-state index in [4.69, 9.17) is 4.74 Å². The second kappa shape index (κ2) is 9.74. The van der Waals surface area contributed by atoms with Crippen LogP contribution in [0.3, 0.4) is 0 Å². The molecule has 0 radical (unpaired) electrons. The average molecular weight is 470 g/mol. The number of nitrogens with one attached hydrogen (secondary N) is 2. The van der Waals surface area contributed by atoms with Crippen LogP contribution in [0.15, 0.2) is 36.4 Å². The molecule has 33 heavy (non-hydrogen) atoms. The third kappa shape index (κ3) is 4.78. The average Bonchev–Trinajstić information content (AvgIpc) is 3.20. The molecule has 4 amide bonds. The van der Waals surface area contributed by atoms with Gasteiger partial charge in [-0.1, -0.05) is 56.0 Å². The van der Waals surface area contributed by atoms with Gasteiger partial charge in [0, 0.05) is 4.88 Å². The monoisotopic (exact) mass is 469 g/mol. The lowest BCUT2D eigenvalue weighted by atomic mass is 9.90. The molecule has 9 heteroatoms. The van der Waals surface area contributed by atoms with Crippen LogP contribution in [-0.4, -0.2) is 47.4 Å². The Hall–Kier alpha value is -3.20. The lowest BCUT2D eigenvalue weighted by Crippen LogP contribution is -2.47. The number of urea groups is 1. The molecule has 4 rings (SSSR count). The number of benzene rings is 1. The number of ether oxygens (including phenoxy) is 1. The second-order valence-corrected chi connectivity index (χ2v) is 9.36. The van der Waals surface area contributed by atoms with Crippen molar-refractivity contribution < 1.29 is 23.9 Å². The molecule has 2 N–H and O–H groups in total. The number of carbonyl (C=O) groups excluding carboxylic acids is 4. The zero-order chi connectivity index (χ0) is 23.4. The van der Waals surface area contributed by atoms with E-state index in [9.17, 15) is 19.2 Å². The topological polar surface area (TPSA) is 105 Å². The maximum absolute atomic E-state index is 13.1. The Morgan fingerprint density at radius 3 is 2.48 bits per heavy atom. The van der Waals surface area contributed by atoms with Crippen molar-refractivity contribution in [2.24, 2.45) is 0 Å². The highest BCUT2D eigenvalue weighted by molar-refractivity contribution is 7.18. The van der Waals surface area contributed by atoms with E-state index in [2.05, 4.69) is 10.6 Å². The molecule has 2 heterocycles. The Kier molecular flexibility index (Phi) is 6.78. The first-order valence-electron chi connectivity index (χ1n) is 11.2. The Balaban J connectivity index is 1.52. The zero-order valence-electron chi connectivity index (χ0n) is 18.5. The second-order valence-electron chi connectivity index (χ2n) is 8.31. The summed E-state index contributed by atoms with van der Waals surface area (Å²) in [6.07, 6.45) is 4.98. The number of amides is 4. The maximum atomic E-state index is 13.1. The lowest BCUT2D eigenvalue weighted by Gasteiger charge is -2.24. The van der Waals surface area contributed by atoms with Gasteiger partial charge in [-0.25, -0.2) is 9.59 Å². The molecule has 1 aliphatic carbocycles. The Morgan fingerprint density at radius 1 is 1.12 bits per heavy atom. The minimum atomic E-state index is -0.896. The fourth-order valence-corrected chi connectivity index (χ4v) is 5.41. The van der Waals surface area contributed by atoms with Crippen molar-refractivity contribution in [2.75, 3.05) is 18.5 Å². The van der Waals surface area contributed by atoms with Gasteiger partial charge in [-0.3, -0.25) is 14.5 Å². The molecule has 8 nitrogen and oxygen atoms in total. The predicted octanol–water partition coefficient (Wildman–Crippen LogP) is 4.18. The Bertz CT molecular complexity index is 1060. The smallest absolute Gasteiger partial charge is 0.350 e. The summed E-state index contributed by atoms with van der Waals surface area (Å²) in [5, 5.41) is 5.54. The largest absolute Gasteiger partial charge is 0.462 e. The number of carbonyl (C=O) groups is 4. The fraction of sp³-hybridized carbons (Fsp3) is 0.417. The summed E-state index contributed by atoms with van der Waals surface area (Å²) in [6.45, 7) is 1.50. The van der Waals surface area contributed by atoms with Crippen molar-refractivity contribution in [2.45, 2.75) is 51.0 Å². The highest BCUT2D eigenvalue weighted by Crippen LogP contribution is 2.36. The van der Waals surface area contributed by atoms with Gasteiger partial charge in [0.05, 0.1) is 12.3 Å². The van der Waals surface area contributed by atoms with Crippen molar-refractivity contribution in [3.8, 4) is 10.4 Å². The summed E-state index contributed by atoms with van der Waals surface area (Å²) in [5.74, 6) is -1.43. The number of esters is 1. The summed E-state index contributed by atoms with van der Waals surface area (Å²) in [6, 6.07) is 10.7. The van der Waals surface area contributed by atoms with Crippen LogP contribution in [0.5, 0.6) is 0 Å². The minimum Gasteiger partial charge on any atom is -0.462 e. The van der Waals surface area contributed by atoms with Crippen molar-refractivity contribution in [3.63, 3.8) is 0 Å². The van der Waals surface area contributed by atoms with Crippen LogP contribution in [0.1, 0.15) is 55.1 Å². The number of imide groups is 1. The number of anilines is 1. The first-order chi connectivity index (χ1) is 15.9. The summed E-state index contributed by atoms with van der Waals surface area (Å²) in [5.41, 5.74) is 0.309. The number of nitrogens with zero attached hydrogens (tertiary/aromatic N) is 1. The Labute approximate surface area is 196 Å². The molecule has 1 saturated carbocycles. The summed E-state index contributed by atoms with van der Waals surface area (Å²) in [7, 11) is 0. The van der Waals surface area contributed by atoms with Crippen LogP contribution in [-0.2, 0) is 14.3 Å². The zero-order valence-corrected chi connectivity index (χ0v) is 19.3. The van der Waals surface area contributed by atoms with Crippen molar-refractivity contribution in [1.82, 2.24) is 10.2 Å². The van der Waals surface area contributed by atoms with E-state index in [1.165, 1.54) is 11.3 Å². The third-order valence-corrected chi connectivity index (χ3v) is 7.19. The molecule has 2 aliphatic rings. The van der Waals surface area contributed by atoms with Crippen LogP contribution < -0.4 is 10.6 Å². The van der Waals surface area contributed by atoms with Crippen LogP contribution in [0.4, 0.5) is 10.5 Å². The van der Waals surface area contributed by atoms with E-state index in [-0.39, 0.29) is 17.4 Å². The molecule has 0 bridgehead atoms. The molecule has 2 fully saturated rings. The van der Waals surface area contributed by atoms with E-state index in [1.54, 1.807) is 13.0 Å². The molecule has 174 valence electrons.